The Morgan fingerprint density at radius 2 is 1.71 bits per heavy atom. The van der Waals surface area contributed by atoms with Crippen LogP contribution in [0.25, 0.3) is 0 Å². The van der Waals surface area contributed by atoms with Crippen LogP contribution in [-0.4, -0.2) is 11.7 Å². The third-order valence-corrected chi connectivity index (χ3v) is 1.78. The Morgan fingerprint density at radius 3 is 2.21 bits per heavy atom. The maximum Gasteiger partial charge on any atom is 0.292 e. The highest BCUT2D eigenvalue weighted by Gasteiger charge is 2.16. The molecule has 1 N–H and O–H groups in total. The Balaban J connectivity index is 2.63. The van der Waals surface area contributed by atoms with Crippen molar-refractivity contribution in [1.29, 1.82) is 0 Å². The quantitative estimate of drug-likeness (QED) is 0.741. The zero-order valence-corrected chi connectivity index (χ0v) is 8.28. The van der Waals surface area contributed by atoms with Crippen molar-refractivity contribution < 1.29 is 9.59 Å². The average molecular weight is 191 g/mol. The Morgan fingerprint density at radius 1 is 1.14 bits per heavy atom. The van der Waals surface area contributed by atoms with Gasteiger partial charge in [0.25, 0.3) is 5.91 Å². The lowest BCUT2D eigenvalue weighted by Crippen LogP contribution is -2.26. The summed E-state index contributed by atoms with van der Waals surface area (Å²) in [7, 11) is 0. The number of nitrogens with one attached hydrogen (secondary N) is 1. The van der Waals surface area contributed by atoms with Crippen molar-refractivity contribution in [3.63, 3.8) is 0 Å². The molecule has 0 fully saturated rings. The fraction of sp³-hybridized carbons (Fsp3) is 0.273. The van der Waals surface area contributed by atoms with Crippen LogP contribution in [0.3, 0.4) is 0 Å². The lowest BCUT2D eigenvalue weighted by Gasteiger charge is -2.05. The van der Waals surface area contributed by atoms with Gasteiger partial charge in [-0.1, -0.05) is 32.0 Å². The van der Waals surface area contributed by atoms with Gasteiger partial charge < -0.3 is 5.32 Å². The van der Waals surface area contributed by atoms with Crippen LogP contribution >= 0.6 is 0 Å². The second-order valence-electron chi connectivity index (χ2n) is 3.34. The van der Waals surface area contributed by atoms with Crippen molar-refractivity contribution >= 4 is 17.4 Å². The lowest BCUT2D eigenvalue weighted by atomic mass is 10.1. The van der Waals surface area contributed by atoms with Crippen LogP contribution in [0.15, 0.2) is 30.3 Å². The van der Waals surface area contributed by atoms with Crippen LogP contribution in [0.2, 0.25) is 0 Å². The molecule has 14 heavy (non-hydrogen) atoms. The zero-order chi connectivity index (χ0) is 10.6. The molecule has 0 heterocycles. The highest BCUT2D eigenvalue weighted by Crippen LogP contribution is 2.06. The number of para-hydroxylation sites is 1. The molecule has 0 aliphatic heterocycles. The Kier molecular flexibility index (Phi) is 3.40. The molecule has 0 bridgehead atoms. The van der Waals surface area contributed by atoms with Gasteiger partial charge in [0.2, 0.25) is 5.78 Å². The largest absolute Gasteiger partial charge is 0.319 e. The summed E-state index contributed by atoms with van der Waals surface area (Å²) in [5.41, 5.74) is 0.645. The van der Waals surface area contributed by atoms with E-state index in [1.54, 1.807) is 38.1 Å². The minimum atomic E-state index is -0.550. The normalized spacial score (nSPS) is 9.93. The molecular weight excluding hydrogens is 178 g/mol. The van der Waals surface area contributed by atoms with Crippen molar-refractivity contribution in [2.24, 2.45) is 5.92 Å². The van der Waals surface area contributed by atoms with Crippen LogP contribution in [0.5, 0.6) is 0 Å². The summed E-state index contributed by atoms with van der Waals surface area (Å²) in [6, 6.07) is 8.93. The number of Topliss-reactive ketones (excluding diaryl/α,β-unsaturated/α-hetero) is 1. The molecule has 0 saturated heterocycles. The van der Waals surface area contributed by atoms with Crippen LogP contribution < -0.4 is 5.32 Å². The molecule has 0 saturated carbocycles. The molecule has 1 aromatic carbocycles. The summed E-state index contributed by atoms with van der Waals surface area (Å²) in [6.07, 6.45) is 0. The summed E-state index contributed by atoms with van der Waals surface area (Å²) in [6.45, 7) is 3.40. The molecule has 0 aliphatic carbocycles. The van der Waals surface area contributed by atoms with Gasteiger partial charge in [-0.15, -0.1) is 0 Å². The maximum absolute atomic E-state index is 11.3. The Labute approximate surface area is 83.1 Å². The number of carbonyl (C=O) groups is 2. The molecule has 1 amide bonds. The molecule has 3 nitrogen and oxygen atoms in total. The first-order chi connectivity index (χ1) is 6.61. The third-order valence-electron chi connectivity index (χ3n) is 1.78. The van der Waals surface area contributed by atoms with Gasteiger partial charge in [0.15, 0.2) is 0 Å². The van der Waals surface area contributed by atoms with Gasteiger partial charge >= 0.3 is 0 Å². The predicted octanol–water partition coefficient (Wildman–Crippen LogP) is 1.85. The van der Waals surface area contributed by atoms with Crippen LogP contribution in [0, 0.1) is 5.92 Å². The van der Waals surface area contributed by atoms with Gasteiger partial charge in [0, 0.05) is 11.6 Å². The minimum Gasteiger partial charge on any atom is -0.319 e. The van der Waals surface area contributed by atoms with E-state index in [1.807, 2.05) is 6.07 Å². The van der Waals surface area contributed by atoms with Gasteiger partial charge in [0.05, 0.1) is 0 Å². The van der Waals surface area contributed by atoms with Crippen molar-refractivity contribution in [2.45, 2.75) is 13.8 Å². The van der Waals surface area contributed by atoms with Crippen LogP contribution in [0.1, 0.15) is 13.8 Å². The number of benzene rings is 1. The first-order valence-corrected chi connectivity index (χ1v) is 4.51. The van der Waals surface area contributed by atoms with Gasteiger partial charge in [-0.2, -0.15) is 0 Å². The number of amides is 1. The van der Waals surface area contributed by atoms with E-state index >= 15 is 0 Å². The van der Waals surface area contributed by atoms with E-state index in [4.69, 9.17) is 0 Å². The topological polar surface area (TPSA) is 46.2 Å². The standard InChI is InChI=1S/C11H13NO2/c1-8(2)10(13)11(14)12-9-6-4-3-5-7-9/h3-8H,1-2H3,(H,12,14). The molecule has 1 rings (SSSR count). The molecule has 0 aromatic heterocycles. The number of carbonyl (C=O) groups excluding carboxylic acids is 2. The second-order valence-corrected chi connectivity index (χ2v) is 3.34. The molecule has 0 radical (unpaired) electrons. The van der Waals surface area contributed by atoms with Crippen LogP contribution in [0.4, 0.5) is 5.69 Å². The van der Waals surface area contributed by atoms with Crippen molar-refractivity contribution in [2.75, 3.05) is 5.32 Å². The van der Waals surface area contributed by atoms with Crippen LogP contribution in [-0.2, 0) is 9.59 Å². The fourth-order valence-corrected chi connectivity index (χ4v) is 0.976. The van der Waals surface area contributed by atoms with Gasteiger partial charge in [-0.3, -0.25) is 9.59 Å². The van der Waals surface area contributed by atoms with Crippen molar-refractivity contribution in [3.8, 4) is 0 Å². The summed E-state index contributed by atoms with van der Waals surface area (Å²) in [5, 5.41) is 2.53. The smallest absolute Gasteiger partial charge is 0.292 e. The molecule has 0 unspecified atom stereocenters. The number of anilines is 1. The highest BCUT2D eigenvalue weighted by atomic mass is 16.2. The first-order valence-electron chi connectivity index (χ1n) is 4.51. The summed E-state index contributed by atoms with van der Waals surface area (Å²) < 4.78 is 0. The van der Waals surface area contributed by atoms with Gasteiger partial charge in [0.1, 0.15) is 0 Å². The molecule has 0 aliphatic rings. The van der Waals surface area contributed by atoms with Crippen molar-refractivity contribution in [3.05, 3.63) is 30.3 Å². The number of rotatable bonds is 3. The Hall–Kier alpha value is -1.64. The predicted molar refractivity (Wildman–Crippen MR) is 54.9 cm³/mol. The molecular formula is C11H13NO2. The number of ketones is 1. The minimum absolute atomic E-state index is 0.265. The SMILES string of the molecule is CC(C)C(=O)C(=O)Nc1ccccc1. The molecule has 0 spiro atoms. The van der Waals surface area contributed by atoms with Crippen molar-refractivity contribution in [1.82, 2.24) is 0 Å². The monoisotopic (exact) mass is 191 g/mol. The highest BCUT2D eigenvalue weighted by molar-refractivity contribution is 6.41. The second kappa shape index (κ2) is 4.56. The summed E-state index contributed by atoms with van der Waals surface area (Å²) in [4.78, 5) is 22.5. The van der Waals surface area contributed by atoms with Gasteiger partial charge in [-0.25, -0.2) is 0 Å². The lowest BCUT2D eigenvalue weighted by molar-refractivity contribution is -0.136. The number of hydrogen-bond donors (Lipinski definition) is 1. The Bertz CT molecular complexity index is 330. The average Bonchev–Trinajstić information content (AvgIpc) is 2.18. The summed E-state index contributed by atoms with van der Waals surface area (Å²) in [5.74, 6) is -1.21. The third kappa shape index (κ3) is 2.69. The van der Waals surface area contributed by atoms with E-state index in [0.717, 1.165) is 0 Å². The maximum atomic E-state index is 11.3. The van der Waals surface area contributed by atoms with Gasteiger partial charge in [-0.05, 0) is 12.1 Å². The van der Waals surface area contributed by atoms with E-state index in [9.17, 15) is 9.59 Å². The molecule has 0 atom stereocenters. The first kappa shape index (κ1) is 10.4. The molecule has 74 valence electrons. The number of hydrogen-bond acceptors (Lipinski definition) is 2. The van der Waals surface area contributed by atoms with E-state index in [-0.39, 0.29) is 5.92 Å². The zero-order valence-electron chi connectivity index (χ0n) is 8.28. The molecule has 3 heteroatoms. The van der Waals surface area contributed by atoms with E-state index in [0.29, 0.717) is 5.69 Å². The summed E-state index contributed by atoms with van der Waals surface area (Å²) >= 11 is 0. The van der Waals surface area contributed by atoms with E-state index in [2.05, 4.69) is 5.32 Å². The van der Waals surface area contributed by atoms with E-state index < -0.39 is 11.7 Å². The molecule has 1 aromatic rings. The van der Waals surface area contributed by atoms with E-state index in [1.165, 1.54) is 0 Å². The fourth-order valence-electron chi connectivity index (χ4n) is 0.976.